The Morgan fingerprint density at radius 3 is 2.62 bits per heavy atom. The standard InChI is InChI=1S/C12H14N2O2/c1-9(2)8-16-12(15)14-11(13)10-6-4-3-5-7-10/h3-7H,1,8H2,2H3,(H2,13,14,15). The fraction of sp³-hybridized carbons (Fsp3) is 0.167. The van der Waals surface area contributed by atoms with E-state index in [1.54, 1.807) is 19.1 Å². The van der Waals surface area contributed by atoms with Crippen LogP contribution in [0.15, 0.2) is 47.5 Å². The highest BCUT2D eigenvalue weighted by Gasteiger charge is 2.03. The van der Waals surface area contributed by atoms with Crippen LogP contribution in [-0.4, -0.2) is 18.5 Å². The zero-order chi connectivity index (χ0) is 12.0. The molecule has 0 aromatic heterocycles. The lowest BCUT2D eigenvalue weighted by Gasteiger charge is -2.02. The monoisotopic (exact) mass is 218 g/mol. The van der Waals surface area contributed by atoms with Gasteiger partial charge in [0, 0.05) is 5.56 Å². The molecule has 0 aliphatic rings. The molecule has 0 atom stereocenters. The maximum Gasteiger partial charge on any atom is 0.435 e. The van der Waals surface area contributed by atoms with Crippen LogP contribution in [0.2, 0.25) is 0 Å². The molecule has 4 nitrogen and oxygen atoms in total. The summed E-state index contributed by atoms with van der Waals surface area (Å²) in [4.78, 5) is 14.8. The smallest absolute Gasteiger partial charge is 0.435 e. The van der Waals surface area contributed by atoms with Crippen LogP contribution in [0.4, 0.5) is 4.79 Å². The molecule has 0 saturated heterocycles. The lowest BCUT2D eigenvalue weighted by Crippen LogP contribution is -2.16. The Bertz CT molecular complexity index is 410. The second kappa shape index (κ2) is 5.70. The third kappa shape index (κ3) is 3.96. The molecular formula is C12H14N2O2. The molecule has 84 valence electrons. The first-order chi connectivity index (χ1) is 7.59. The zero-order valence-electron chi connectivity index (χ0n) is 9.14. The van der Waals surface area contributed by atoms with Crippen LogP contribution in [0, 0.1) is 0 Å². The van der Waals surface area contributed by atoms with Crippen LogP contribution in [-0.2, 0) is 4.74 Å². The maximum absolute atomic E-state index is 11.2. The van der Waals surface area contributed by atoms with Gasteiger partial charge in [-0.1, -0.05) is 36.9 Å². The number of nitrogens with zero attached hydrogens (tertiary/aromatic N) is 1. The van der Waals surface area contributed by atoms with Gasteiger partial charge < -0.3 is 10.5 Å². The van der Waals surface area contributed by atoms with Gasteiger partial charge in [0.25, 0.3) is 0 Å². The number of nitrogens with two attached hydrogens (primary N) is 1. The molecule has 0 bridgehead atoms. The molecule has 0 saturated carbocycles. The Morgan fingerprint density at radius 2 is 2.06 bits per heavy atom. The fourth-order valence-electron chi connectivity index (χ4n) is 0.989. The second-order valence-electron chi connectivity index (χ2n) is 3.37. The van der Waals surface area contributed by atoms with Gasteiger partial charge in [-0.2, -0.15) is 4.99 Å². The van der Waals surface area contributed by atoms with Crippen LogP contribution in [0.1, 0.15) is 12.5 Å². The normalized spacial score (nSPS) is 10.9. The lowest BCUT2D eigenvalue weighted by molar-refractivity contribution is 0.167. The summed E-state index contributed by atoms with van der Waals surface area (Å²) in [5.74, 6) is 0.146. The van der Waals surface area contributed by atoms with Crippen molar-refractivity contribution in [1.29, 1.82) is 0 Å². The molecule has 0 heterocycles. The third-order valence-electron chi connectivity index (χ3n) is 1.72. The van der Waals surface area contributed by atoms with Crippen LogP contribution in [0.3, 0.4) is 0 Å². The van der Waals surface area contributed by atoms with Gasteiger partial charge in [-0.15, -0.1) is 0 Å². The molecule has 0 unspecified atom stereocenters. The Balaban J connectivity index is 2.63. The minimum Gasteiger partial charge on any atom is -0.443 e. The van der Waals surface area contributed by atoms with Crippen LogP contribution in [0.25, 0.3) is 0 Å². The summed E-state index contributed by atoms with van der Waals surface area (Å²) in [5, 5.41) is 0. The molecular weight excluding hydrogens is 204 g/mol. The van der Waals surface area contributed by atoms with E-state index in [2.05, 4.69) is 11.6 Å². The van der Waals surface area contributed by atoms with E-state index in [-0.39, 0.29) is 12.4 Å². The summed E-state index contributed by atoms with van der Waals surface area (Å²) >= 11 is 0. The number of amides is 1. The van der Waals surface area contributed by atoms with Gasteiger partial charge in [0.2, 0.25) is 0 Å². The van der Waals surface area contributed by atoms with Crippen LogP contribution in [0.5, 0.6) is 0 Å². The van der Waals surface area contributed by atoms with Gasteiger partial charge in [-0.3, -0.25) is 0 Å². The average Bonchev–Trinajstić information content (AvgIpc) is 2.27. The number of hydrogen-bond acceptors (Lipinski definition) is 2. The van der Waals surface area contributed by atoms with Crippen molar-refractivity contribution in [2.24, 2.45) is 10.7 Å². The summed E-state index contributed by atoms with van der Waals surface area (Å²) in [5.41, 5.74) is 7.07. The Hall–Kier alpha value is -2.10. The number of benzene rings is 1. The lowest BCUT2D eigenvalue weighted by atomic mass is 10.2. The summed E-state index contributed by atoms with van der Waals surface area (Å²) < 4.78 is 4.79. The zero-order valence-corrected chi connectivity index (χ0v) is 9.14. The van der Waals surface area contributed by atoms with Gasteiger partial charge in [-0.25, -0.2) is 4.79 Å². The van der Waals surface area contributed by atoms with E-state index < -0.39 is 6.09 Å². The molecule has 1 aromatic carbocycles. The van der Waals surface area contributed by atoms with Crippen molar-refractivity contribution in [2.45, 2.75) is 6.92 Å². The van der Waals surface area contributed by atoms with Gasteiger partial charge in [0.1, 0.15) is 12.4 Å². The molecule has 1 aromatic rings. The van der Waals surface area contributed by atoms with E-state index in [1.807, 2.05) is 18.2 Å². The van der Waals surface area contributed by atoms with E-state index in [0.29, 0.717) is 5.56 Å². The molecule has 16 heavy (non-hydrogen) atoms. The third-order valence-corrected chi connectivity index (χ3v) is 1.72. The molecule has 4 heteroatoms. The minimum atomic E-state index is -0.704. The van der Waals surface area contributed by atoms with E-state index >= 15 is 0 Å². The topological polar surface area (TPSA) is 64.7 Å². The van der Waals surface area contributed by atoms with Gasteiger partial charge in [-0.05, 0) is 12.5 Å². The highest BCUT2D eigenvalue weighted by molar-refractivity contribution is 6.02. The summed E-state index contributed by atoms with van der Waals surface area (Å²) in [7, 11) is 0. The minimum absolute atomic E-state index is 0.146. The molecule has 0 aliphatic carbocycles. The van der Waals surface area contributed by atoms with Crippen molar-refractivity contribution in [3.63, 3.8) is 0 Å². The summed E-state index contributed by atoms with van der Waals surface area (Å²) in [6, 6.07) is 9.03. The number of carbonyl (C=O) groups excluding carboxylic acids is 1. The van der Waals surface area contributed by atoms with Gasteiger partial charge in [0.05, 0.1) is 0 Å². The molecule has 0 radical (unpaired) electrons. The molecule has 1 amide bonds. The number of hydrogen-bond donors (Lipinski definition) is 1. The van der Waals surface area contributed by atoms with Crippen molar-refractivity contribution in [3.05, 3.63) is 48.0 Å². The summed E-state index contributed by atoms with van der Waals surface area (Å²) in [6.07, 6.45) is -0.704. The van der Waals surface area contributed by atoms with E-state index in [9.17, 15) is 4.79 Å². The Labute approximate surface area is 94.4 Å². The predicted molar refractivity (Wildman–Crippen MR) is 63.3 cm³/mol. The summed E-state index contributed by atoms with van der Waals surface area (Å²) in [6.45, 7) is 5.53. The molecule has 0 fully saturated rings. The first-order valence-corrected chi connectivity index (χ1v) is 4.80. The maximum atomic E-state index is 11.2. The van der Waals surface area contributed by atoms with Crippen molar-refractivity contribution < 1.29 is 9.53 Å². The van der Waals surface area contributed by atoms with Gasteiger partial charge >= 0.3 is 6.09 Å². The highest BCUT2D eigenvalue weighted by atomic mass is 16.5. The number of amidine groups is 1. The van der Waals surface area contributed by atoms with E-state index in [1.165, 1.54) is 0 Å². The average molecular weight is 218 g/mol. The van der Waals surface area contributed by atoms with Crippen molar-refractivity contribution >= 4 is 11.9 Å². The number of aliphatic imine (C=N–C) groups is 1. The molecule has 0 aliphatic heterocycles. The van der Waals surface area contributed by atoms with Crippen LogP contribution >= 0.6 is 0 Å². The highest BCUT2D eigenvalue weighted by Crippen LogP contribution is 1.99. The van der Waals surface area contributed by atoms with E-state index in [0.717, 1.165) is 5.57 Å². The number of rotatable bonds is 3. The molecule has 0 spiro atoms. The molecule has 2 N–H and O–H groups in total. The van der Waals surface area contributed by atoms with Crippen molar-refractivity contribution in [3.8, 4) is 0 Å². The quantitative estimate of drug-likeness (QED) is 0.480. The van der Waals surface area contributed by atoms with E-state index in [4.69, 9.17) is 10.5 Å². The Kier molecular flexibility index (Phi) is 4.27. The molecule has 1 rings (SSSR count). The van der Waals surface area contributed by atoms with Crippen LogP contribution < -0.4 is 5.73 Å². The second-order valence-corrected chi connectivity index (χ2v) is 3.37. The van der Waals surface area contributed by atoms with Crippen molar-refractivity contribution in [1.82, 2.24) is 0 Å². The Morgan fingerprint density at radius 1 is 1.44 bits per heavy atom. The first-order valence-electron chi connectivity index (χ1n) is 4.80. The van der Waals surface area contributed by atoms with Gasteiger partial charge in [0.15, 0.2) is 0 Å². The fourth-order valence-corrected chi connectivity index (χ4v) is 0.989. The number of carbonyl (C=O) groups is 1. The predicted octanol–water partition coefficient (Wildman–Crippen LogP) is 2.10. The first kappa shape index (κ1) is 12.0. The largest absolute Gasteiger partial charge is 0.443 e. The SMILES string of the molecule is C=C(C)COC(=O)N=C(N)c1ccccc1. The van der Waals surface area contributed by atoms with Crippen molar-refractivity contribution in [2.75, 3.05) is 6.61 Å². The number of ether oxygens (including phenoxy) is 1.